The number of rotatable bonds is 1. The Bertz CT molecular complexity index is 491. The molecule has 1 aromatic rings. The molecule has 1 saturated heterocycles. The minimum absolute atomic E-state index is 0.466. The summed E-state index contributed by atoms with van der Waals surface area (Å²) in [6.45, 7) is 2.55. The highest BCUT2D eigenvalue weighted by atomic mass is 19.4. The molecule has 0 bridgehead atoms. The Morgan fingerprint density at radius 3 is 2.40 bits per heavy atom. The summed E-state index contributed by atoms with van der Waals surface area (Å²) in [6, 6.07) is 5.41. The zero-order valence-corrected chi connectivity index (χ0v) is 11.2. The highest BCUT2D eigenvalue weighted by Crippen LogP contribution is 2.31. The SMILES string of the molecule is CN=C(N)N1CCN(c2cccc(C(F)(F)F)c2)CC1. The van der Waals surface area contributed by atoms with Crippen molar-refractivity contribution in [3.05, 3.63) is 29.8 Å². The van der Waals surface area contributed by atoms with Gasteiger partial charge in [-0.2, -0.15) is 13.2 Å². The van der Waals surface area contributed by atoms with E-state index in [1.807, 2.05) is 9.80 Å². The Morgan fingerprint density at radius 1 is 1.20 bits per heavy atom. The molecule has 0 aliphatic carbocycles. The number of halogens is 3. The smallest absolute Gasteiger partial charge is 0.370 e. The fourth-order valence-electron chi connectivity index (χ4n) is 2.21. The van der Waals surface area contributed by atoms with Gasteiger partial charge in [-0.1, -0.05) is 6.07 Å². The number of nitrogens with two attached hydrogens (primary N) is 1. The lowest BCUT2D eigenvalue weighted by molar-refractivity contribution is -0.137. The van der Waals surface area contributed by atoms with Crippen LogP contribution in [0.5, 0.6) is 0 Å². The van der Waals surface area contributed by atoms with Gasteiger partial charge in [-0.3, -0.25) is 4.99 Å². The first kappa shape index (κ1) is 14.5. The van der Waals surface area contributed by atoms with Crippen LogP contribution in [-0.4, -0.2) is 44.1 Å². The largest absolute Gasteiger partial charge is 0.416 e. The van der Waals surface area contributed by atoms with Gasteiger partial charge in [0.1, 0.15) is 0 Å². The van der Waals surface area contributed by atoms with Crippen LogP contribution < -0.4 is 10.6 Å². The maximum atomic E-state index is 12.7. The van der Waals surface area contributed by atoms with Crippen LogP contribution in [0.4, 0.5) is 18.9 Å². The number of piperazine rings is 1. The normalized spacial score (nSPS) is 17.5. The molecular formula is C13H17F3N4. The minimum atomic E-state index is -4.31. The van der Waals surface area contributed by atoms with Crippen LogP contribution in [0.1, 0.15) is 5.56 Å². The summed E-state index contributed by atoms with van der Waals surface area (Å²) >= 11 is 0. The molecule has 1 heterocycles. The number of alkyl halides is 3. The van der Waals surface area contributed by atoms with Crippen molar-refractivity contribution < 1.29 is 13.2 Å². The maximum Gasteiger partial charge on any atom is 0.416 e. The minimum Gasteiger partial charge on any atom is -0.370 e. The lowest BCUT2D eigenvalue weighted by Gasteiger charge is -2.36. The third-order valence-corrected chi connectivity index (χ3v) is 3.37. The predicted octanol–water partition coefficient (Wildman–Crippen LogP) is 1.77. The second-order valence-electron chi connectivity index (χ2n) is 4.60. The molecule has 1 aliphatic heterocycles. The van der Waals surface area contributed by atoms with Crippen molar-refractivity contribution in [1.29, 1.82) is 0 Å². The molecule has 7 heteroatoms. The molecule has 0 spiro atoms. The van der Waals surface area contributed by atoms with E-state index in [2.05, 4.69) is 4.99 Å². The summed E-state index contributed by atoms with van der Waals surface area (Å²) in [4.78, 5) is 7.76. The van der Waals surface area contributed by atoms with E-state index in [0.29, 0.717) is 37.8 Å². The van der Waals surface area contributed by atoms with E-state index in [9.17, 15) is 13.2 Å². The molecule has 0 saturated carbocycles. The maximum absolute atomic E-state index is 12.7. The molecule has 0 atom stereocenters. The third-order valence-electron chi connectivity index (χ3n) is 3.37. The van der Waals surface area contributed by atoms with Gasteiger partial charge in [-0.15, -0.1) is 0 Å². The Labute approximate surface area is 115 Å². The molecule has 20 heavy (non-hydrogen) atoms. The third kappa shape index (κ3) is 3.15. The molecule has 0 unspecified atom stereocenters. The monoisotopic (exact) mass is 286 g/mol. The van der Waals surface area contributed by atoms with Gasteiger partial charge in [0.15, 0.2) is 5.96 Å². The summed E-state index contributed by atoms with van der Waals surface area (Å²) in [5, 5.41) is 0. The van der Waals surface area contributed by atoms with E-state index in [1.54, 1.807) is 13.1 Å². The molecule has 0 radical (unpaired) electrons. The van der Waals surface area contributed by atoms with Crippen molar-refractivity contribution in [3.63, 3.8) is 0 Å². The van der Waals surface area contributed by atoms with E-state index < -0.39 is 11.7 Å². The summed E-state index contributed by atoms with van der Waals surface area (Å²) in [6.07, 6.45) is -4.31. The van der Waals surface area contributed by atoms with E-state index >= 15 is 0 Å². The van der Waals surface area contributed by atoms with Crippen LogP contribution >= 0.6 is 0 Å². The number of aliphatic imine (C=N–C) groups is 1. The predicted molar refractivity (Wildman–Crippen MR) is 72.8 cm³/mol. The quantitative estimate of drug-likeness (QED) is 0.632. The fraction of sp³-hybridized carbons (Fsp3) is 0.462. The van der Waals surface area contributed by atoms with Gasteiger partial charge >= 0.3 is 6.18 Å². The van der Waals surface area contributed by atoms with Crippen molar-refractivity contribution in [3.8, 4) is 0 Å². The number of anilines is 1. The van der Waals surface area contributed by atoms with Crippen molar-refractivity contribution in [1.82, 2.24) is 4.90 Å². The molecule has 2 rings (SSSR count). The van der Waals surface area contributed by atoms with Crippen LogP contribution in [0.15, 0.2) is 29.3 Å². The first-order valence-corrected chi connectivity index (χ1v) is 6.31. The lowest BCUT2D eigenvalue weighted by Crippen LogP contribution is -2.51. The number of hydrogen-bond acceptors (Lipinski definition) is 2. The Hall–Kier alpha value is -1.92. The highest BCUT2D eigenvalue weighted by molar-refractivity contribution is 5.78. The van der Waals surface area contributed by atoms with Gasteiger partial charge in [-0.25, -0.2) is 0 Å². The van der Waals surface area contributed by atoms with Gasteiger partial charge in [0.25, 0.3) is 0 Å². The zero-order valence-electron chi connectivity index (χ0n) is 11.2. The second-order valence-corrected chi connectivity index (χ2v) is 4.60. The van der Waals surface area contributed by atoms with Crippen LogP contribution in [0, 0.1) is 0 Å². The molecule has 1 fully saturated rings. The molecule has 1 aromatic carbocycles. The van der Waals surface area contributed by atoms with E-state index in [0.717, 1.165) is 6.07 Å². The molecule has 0 aromatic heterocycles. The number of benzene rings is 1. The first-order valence-electron chi connectivity index (χ1n) is 6.31. The van der Waals surface area contributed by atoms with Crippen LogP contribution in [-0.2, 0) is 6.18 Å². The van der Waals surface area contributed by atoms with E-state index in [-0.39, 0.29) is 0 Å². The summed E-state index contributed by atoms with van der Waals surface area (Å²) in [5.41, 5.74) is 5.69. The summed E-state index contributed by atoms with van der Waals surface area (Å²) in [5.74, 6) is 0.466. The first-order chi connectivity index (χ1) is 9.41. The van der Waals surface area contributed by atoms with Gasteiger partial charge in [0, 0.05) is 38.9 Å². The van der Waals surface area contributed by atoms with Crippen LogP contribution in [0.25, 0.3) is 0 Å². The summed E-state index contributed by atoms with van der Waals surface area (Å²) < 4.78 is 38.1. The number of nitrogens with zero attached hydrogens (tertiary/aromatic N) is 3. The molecule has 4 nitrogen and oxygen atoms in total. The van der Waals surface area contributed by atoms with Gasteiger partial charge < -0.3 is 15.5 Å². The molecule has 0 amide bonds. The van der Waals surface area contributed by atoms with Crippen molar-refractivity contribution >= 4 is 11.6 Å². The van der Waals surface area contributed by atoms with E-state index in [1.165, 1.54) is 12.1 Å². The highest BCUT2D eigenvalue weighted by Gasteiger charge is 2.31. The Balaban J connectivity index is 2.08. The topological polar surface area (TPSA) is 44.9 Å². The van der Waals surface area contributed by atoms with Gasteiger partial charge in [0.2, 0.25) is 0 Å². The van der Waals surface area contributed by atoms with Crippen LogP contribution in [0.3, 0.4) is 0 Å². The fourth-order valence-corrected chi connectivity index (χ4v) is 2.21. The molecule has 2 N–H and O–H groups in total. The van der Waals surface area contributed by atoms with Crippen molar-refractivity contribution in [2.24, 2.45) is 10.7 Å². The lowest BCUT2D eigenvalue weighted by atomic mass is 10.1. The average molecular weight is 286 g/mol. The number of guanidine groups is 1. The van der Waals surface area contributed by atoms with Crippen molar-refractivity contribution in [2.75, 3.05) is 38.1 Å². The molecule has 110 valence electrons. The molecule has 1 aliphatic rings. The average Bonchev–Trinajstić information content (AvgIpc) is 2.46. The Kier molecular flexibility index (Phi) is 4.06. The van der Waals surface area contributed by atoms with Gasteiger partial charge in [-0.05, 0) is 18.2 Å². The molecular weight excluding hydrogens is 269 g/mol. The standard InChI is InChI=1S/C13H17F3N4/c1-18-12(17)20-7-5-19(6-8-20)11-4-2-3-10(9-11)13(14,15)16/h2-4,9H,5-8H2,1H3,(H2,17,18). The second kappa shape index (κ2) is 5.60. The summed E-state index contributed by atoms with van der Waals surface area (Å²) in [7, 11) is 1.62. The number of hydrogen-bond donors (Lipinski definition) is 1. The van der Waals surface area contributed by atoms with Gasteiger partial charge in [0.05, 0.1) is 5.56 Å². The van der Waals surface area contributed by atoms with E-state index in [4.69, 9.17) is 5.73 Å². The van der Waals surface area contributed by atoms with Crippen molar-refractivity contribution in [2.45, 2.75) is 6.18 Å². The Morgan fingerprint density at radius 2 is 1.85 bits per heavy atom. The zero-order chi connectivity index (χ0) is 14.8. The van der Waals surface area contributed by atoms with Crippen LogP contribution in [0.2, 0.25) is 0 Å².